The highest BCUT2D eigenvalue weighted by Gasteiger charge is 2.23. The number of aliphatic hydroxyl groups is 1. The summed E-state index contributed by atoms with van der Waals surface area (Å²) < 4.78 is 35.6. The topological polar surface area (TPSA) is 80.0 Å². The van der Waals surface area contributed by atoms with Crippen molar-refractivity contribution in [2.24, 2.45) is 0 Å². The Bertz CT molecular complexity index is 1220. The van der Waals surface area contributed by atoms with E-state index >= 15 is 0 Å². The molecule has 0 radical (unpaired) electrons. The highest BCUT2D eigenvalue weighted by atomic mass is 35.5. The van der Waals surface area contributed by atoms with Gasteiger partial charge < -0.3 is 19.2 Å². The fourth-order valence-corrected chi connectivity index (χ4v) is 5.29. The number of furan rings is 1. The number of fused-ring (bicyclic) bond motifs is 1. The number of piperidine rings is 1. The highest BCUT2D eigenvalue weighted by Crippen LogP contribution is 2.33. The minimum absolute atomic E-state index is 0.0382. The van der Waals surface area contributed by atoms with Crippen LogP contribution in [0.2, 0.25) is 10.0 Å². The van der Waals surface area contributed by atoms with Crippen LogP contribution in [0, 0.1) is 0 Å². The van der Waals surface area contributed by atoms with Crippen molar-refractivity contribution >= 4 is 44.0 Å². The molecule has 1 aromatic heterocycles. The van der Waals surface area contributed by atoms with Crippen LogP contribution in [0.25, 0.3) is 11.0 Å². The molecule has 0 spiro atoms. The van der Waals surface area contributed by atoms with Crippen LogP contribution in [0.15, 0.2) is 52.0 Å². The Morgan fingerprint density at radius 2 is 1.91 bits per heavy atom. The molecule has 4 rings (SSSR count). The van der Waals surface area contributed by atoms with Crippen molar-refractivity contribution in [3.8, 4) is 5.75 Å². The largest absolute Gasteiger partial charge is 0.490 e. The van der Waals surface area contributed by atoms with E-state index < -0.39 is 15.9 Å². The van der Waals surface area contributed by atoms with E-state index in [0.29, 0.717) is 39.2 Å². The Hall–Kier alpha value is -1.77. The van der Waals surface area contributed by atoms with Crippen LogP contribution < -0.4 is 4.74 Å². The smallest absolute Gasteiger partial charge is 0.219 e. The summed E-state index contributed by atoms with van der Waals surface area (Å²) in [4.78, 5) is 2.23. The summed E-state index contributed by atoms with van der Waals surface area (Å²) in [6.45, 7) is 3.93. The van der Waals surface area contributed by atoms with Crippen LogP contribution in [0.5, 0.6) is 5.75 Å². The van der Waals surface area contributed by atoms with Crippen molar-refractivity contribution in [3.05, 3.63) is 58.1 Å². The molecule has 6 nitrogen and oxygen atoms in total. The quantitative estimate of drug-likeness (QED) is 0.450. The number of hydrogen-bond acceptors (Lipinski definition) is 6. The second-order valence-electron chi connectivity index (χ2n) is 8.35. The van der Waals surface area contributed by atoms with Gasteiger partial charge in [0.1, 0.15) is 24.0 Å². The normalized spacial score (nSPS) is 16.8. The van der Waals surface area contributed by atoms with E-state index in [1.165, 1.54) is 11.6 Å². The molecule has 0 bridgehead atoms. The van der Waals surface area contributed by atoms with Gasteiger partial charge in [0.25, 0.3) is 0 Å². The SMILES string of the molecule is CCS(=O)(=O)c1cc2c(OCC(O)CN3CCC(c4ccc(Cl)c(Cl)c4)CC3)cccc2o1. The average molecular weight is 512 g/mol. The third kappa shape index (κ3) is 5.66. The first-order valence-corrected chi connectivity index (χ1v) is 13.4. The summed E-state index contributed by atoms with van der Waals surface area (Å²) in [7, 11) is -3.45. The zero-order valence-corrected chi connectivity index (χ0v) is 20.7. The van der Waals surface area contributed by atoms with Crippen LogP contribution in [-0.2, 0) is 9.84 Å². The lowest BCUT2D eigenvalue weighted by molar-refractivity contribution is 0.0599. The molecule has 3 aromatic rings. The molecule has 1 saturated heterocycles. The molecule has 0 saturated carbocycles. The molecule has 1 unspecified atom stereocenters. The Balaban J connectivity index is 1.31. The standard InChI is InChI=1S/C24H27Cl2NO5S/c1-2-33(29,30)24-13-19-22(4-3-5-23(19)32-24)31-15-18(28)14-27-10-8-16(9-11-27)17-6-7-20(25)21(26)12-17/h3-7,12-13,16,18,28H,2,8-11,14-15H2,1H3. The van der Waals surface area contributed by atoms with Gasteiger partial charge in [-0.1, -0.05) is 42.3 Å². The molecular weight excluding hydrogens is 485 g/mol. The molecular formula is C24H27Cl2NO5S. The number of likely N-dealkylation sites (tertiary alicyclic amines) is 1. The van der Waals surface area contributed by atoms with Gasteiger partial charge in [0.15, 0.2) is 0 Å². The lowest BCUT2D eigenvalue weighted by Gasteiger charge is -2.33. The van der Waals surface area contributed by atoms with Gasteiger partial charge in [-0.25, -0.2) is 8.42 Å². The van der Waals surface area contributed by atoms with Gasteiger partial charge in [0.2, 0.25) is 14.9 Å². The Morgan fingerprint density at radius 1 is 1.15 bits per heavy atom. The molecule has 33 heavy (non-hydrogen) atoms. The predicted molar refractivity (Wildman–Crippen MR) is 130 cm³/mol. The number of β-amino-alcohol motifs (C(OH)–C–C–N with tert-alkyl or cyclic N) is 1. The third-order valence-electron chi connectivity index (χ3n) is 6.09. The van der Waals surface area contributed by atoms with Gasteiger partial charge in [-0.3, -0.25) is 0 Å². The lowest BCUT2D eigenvalue weighted by atomic mass is 9.89. The molecule has 1 atom stereocenters. The number of halogens is 2. The van der Waals surface area contributed by atoms with Gasteiger partial charge in [0.05, 0.1) is 21.2 Å². The second-order valence-corrected chi connectivity index (χ2v) is 11.4. The molecule has 1 N–H and O–H groups in total. The van der Waals surface area contributed by atoms with Crippen molar-refractivity contribution in [1.82, 2.24) is 4.90 Å². The van der Waals surface area contributed by atoms with Crippen molar-refractivity contribution in [2.45, 2.75) is 36.9 Å². The molecule has 0 aliphatic carbocycles. The highest BCUT2D eigenvalue weighted by molar-refractivity contribution is 7.91. The maximum atomic E-state index is 12.1. The molecule has 1 aliphatic rings. The van der Waals surface area contributed by atoms with Gasteiger partial charge in [-0.2, -0.15) is 0 Å². The van der Waals surface area contributed by atoms with Crippen molar-refractivity contribution in [1.29, 1.82) is 0 Å². The average Bonchev–Trinajstić information content (AvgIpc) is 3.26. The number of ether oxygens (including phenoxy) is 1. The van der Waals surface area contributed by atoms with Crippen LogP contribution >= 0.6 is 23.2 Å². The molecule has 0 amide bonds. The Kier molecular flexibility index (Phi) is 7.56. The van der Waals surface area contributed by atoms with Crippen LogP contribution in [0.4, 0.5) is 0 Å². The lowest BCUT2D eigenvalue weighted by Crippen LogP contribution is -2.40. The summed E-state index contributed by atoms with van der Waals surface area (Å²) in [6.07, 6.45) is 1.29. The maximum absolute atomic E-state index is 12.1. The summed E-state index contributed by atoms with van der Waals surface area (Å²) in [6, 6.07) is 12.5. The van der Waals surface area contributed by atoms with E-state index in [9.17, 15) is 13.5 Å². The molecule has 2 aromatic carbocycles. The third-order valence-corrected chi connectivity index (χ3v) is 8.40. The van der Waals surface area contributed by atoms with E-state index in [-0.39, 0.29) is 17.5 Å². The Labute approximate surface area is 204 Å². The van der Waals surface area contributed by atoms with E-state index in [4.69, 9.17) is 32.4 Å². The zero-order valence-electron chi connectivity index (χ0n) is 18.3. The van der Waals surface area contributed by atoms with Crippen molar-refractivity contribution < 1.29 is 22.7 Å². The Morgan fingerprint density at radius 3 is 2.61 bits per heavy atom. The summed E-state index contributed by atoms with van der Waals surface area (Å²) in [5, 5.41) is 12.2. The van der Waals surface area contributed by atoms with Crippen LogP contribution in [-0.4, -0.2) is 56.5 Å². The van der Waals surface area contributed by atoms with E-state index in [1.807, 2.05) is 18.2 Å². The van der Waals surface area contributed by atoms with Crippen LogP contribution in [0.3, 0.4) is 0 Å². The maximum Gasteiger partial charge on any atom is 0.219 e. The minimum atomic E-state index is -3.45. The number of sulfone groups is 1. The first kappa shape index (κ1) is 24.4. The first-order chi connectivity index (χ1) is 15.8. The summed E-state index contributed by atoms with van der Waals surface area (Å²) in [5.41, 5.74) is 1.64. The van der Waals surface area contributed by atoms with Gasteiger partial charge in [-0.15, -0.1) is 0 Å². The predicted octanol–water partition coefficient (Wildman–Crippen LogP) is 5.15. The summed E-state index contributed by atoms with van der Waals surface area (Å²) in [5.74, 6) is 0.881. The first-order valence-electron chi connectivity index (χ1n) is 11.0. The van der Waals surface area contributed by atoms with E-state index in [1.54, 1.807) is 25.1 Å². The number of nitrogens with zero attached hydrogens (tertiary/aromatic N) is 1. The number of aliphatic hydroxyl groups excluding tert-OH is 1. The number of hydrogen-bond donors (Lipinski definition) is 1. The number of benzene rings is 2. The summed E-state index contributed by atoms with van der Waals surface area (Å²) >= 11 is 12.2. The van der Waals surface area contributed by atoms with Gasteiger partial charge in [-0.05, 0) is 61.7 Å². The molecule has 2 heterocycles. The van der Waals surface area contributed by atoms with Crippen molar-refractivity contribution in [3.63, 3.8) is 0 Å². The molecule has 9 heteroatoms. The monoisotopic (exact) mass is 511 g/mol. The molecule has 1 fully saturated rings. The van der Waals surface area contributed by atoms with Crippen LogP contribution in [0.1, 0.15) is 31.2 Å². The van der Waals surface area contributed by atoms with Gasteiger partial charge in [0, 0.05) is 12.6 Å². The fourth-order valence-electron chi connectivity index (χ4n) is 4.18. The molecule has 1 aliphatic heterocycles. The minimum Gasteiger partial charge on any atom is -0.490 e. The van der Waals surface area contributed by atoms with E-state index in [0.717, 1.165) is 25.9 Å². The zero-order chi connectivity index (χ0) is 23.6. The second kappa shape index (κ2) is 10.2. The molecule has 178 valence electrons. The van der Waals surface area contributed by atoms with Crippen molar-refractivity contribution in [2.75, 3.05) is 32.0 Å². The van der Waals surface area contributed by atoms with E-state index in [2.05, 4.69) is 4.90 Å². The number of rotatable bonds is 8. The van der Waals surface area contributed by atoms with Gasteiger partial charge >= 0.3 is 0 Å². The fraction of sp³-hybridized carbons (Fsp3) is 0.417.